The lowest BCUT2D eigenvalue weighted by molar-refractivity contribution is -0.133. The Labute approximate surface area is 108 Å². The molecular formula is C11H21N3O3S. The van der Waals surface area contributed by atoms with Gasteiger partial charge in [-0.05, 0) is 6.42 Å². The van der Waals surface area contributed by atoms with Crippen molar-refractivity contribution >= 4 is 15.7 Å². The van der Waals surface area contributed by atoms with Crippen LogP contribution in [0.1, 0.15) is 12.8 Å². The van der Waals surface area contributed by atoms with Crippen LogP contribution in [0.5, 0.6) is 0 Å². The number of carbonyl (C=O) groups is 1. The molecule has 0 aromatic rings. The number of carbonyl (C=O) groups excluding carboxylic acids is 1. The summed E-state index contributed by atoms with van der Waals surface area (Å²) in [6.45, 7) is 3.32. The molecule has 6 nitrogen and oxygen atoms in total. The number of rotatable bonds is 3. The highest BCUT2D eigenvalue weighted by atomic mass is 32.2. The van der Waals surface area contributed by atoms with Crippen LogP contribution in [0.25, 0.3) is 0 Å². The van der Waals surface area contributed by atoms with Gasteiger partial charge in [0.15, 0.2) is 9.84 Å². The lowest BCUT2D eigenvalue weighted by Gasteiger charge is -2.37. The van der Waals surface area contributed by atoms with Crippen molar-refractivity contribution in [3.63, 3.8) is 0 Å². The molecule has 1 unspecified atom stereocenters. The maximum absolute atomic E-state index is 11.7. The van der Waals surface area contributed by atoms with Crippen LogP contribution in [0.15, 0.2) is 0 Å². The molecule has 104 valence electrons. The third kappa shape index (κ3) is 3.21. The average Bonchev–Trinajstić information content (AvgIpc) is 2.70. The van der Waals surface area contributed by atoms with Crippen LogP contribution in [0.3, 0.4) is 0 Å². The number of hydrogen-bond donors (Lipinski definition) is 1. The predicted octanol–water partition coefficient (Wildman–Crippen LogP) is -1.33. The Morgan fingerprint density at radius 3 is 2.39 bits per heavy atom. The second-order valence-electron chi connectivity index (χ2n) is 5.01. The van der Waals surface area contributed by atoms with E-state index in [1.807, 2.05) is 4.90 Å². The summed E-state index contributed by atoms with van der Waals surface area (Å²) in [5, 5.41) is 0. The molecule has 0 aliphatic carbocycles. The first-order valence-corrected chi connectivity index (χ1v) is 8.26. The van der Waals surface area contributed by atoms with Gasteiger partial charge in [0.2, 0.25) is 5.91 Å². The van der Waals surface area contributed by atoms with Crippen LogP contribution in [0.4, 0.5) is 0 Å². The Kier molecular flexibility index (Phi) is 4.24. The standard InChI is InChI=1S/C11H21N3O3S/c12-3-1-11(15)14-6-4-13(5-7-14)10-2-8-18(16,17)9-10/h10H,1-9,12H2. The van der Waals surface area contributed by atoms with Crippen molar-refractivity contribution < 1.29 is 13.2 Å². The van der Waals surface area contributed by atoms with Crippen molar-refractivity contribution in [3.05, 3.63) is 0 Å². The number of amides is 1. The third-order valence-corrected chi connectivity index (χ3v) is 5.50. The monoisotopic (exact) mass is 275 g/mol. The van der Waals surface area contributed by atoms with E-state index >= 15 is 0 Å². The van der Waals surface area contributed by atoms with Crippen molar-refractivity contribution in [2.75, 3.05) is 44.2 Å². The van der Waals surface area contributed by atoms with E-state index in [-0.39, 0.29) is 17.7 Å². The van der Waals surface area contributed by atoms with Crippen molar-refractivity contribution in [1.82, 2.24) is 9.80 Å². The molecule has 2 heterocycles. The van der Waals surface area contributed by atoms with Crippen LogP contribution >= 0.6 is 0 Å². The minimum absolute atomic E-state index is 0.108. The summed E-state index contributed by atoms with van der Waals surface area (Å²) >= 11 is 0. The van der Waals surface area contributed by atoms with Gasteiger partial charge in [0, 0.05) is 45.2 Å². The normalized spacial score (nSPS) is 28.5. The van der Waals surface area contributed by atoms with Gasteiger partial charge in [0.25, 0.3) is 0 Å². The van der Waals surface area contributed by atoms with E-state index in [1.54, 1.807) is 0 Å². The van der Waals surface area contributed by atoms with Gasteiger partial charge in [-0.2, -0.15) is 0 Å². The Balaban J connectivity index is 1.82. The lowest BCUT2D eigenvalue weighted by atomic mass is 10.2. The lowest BCUT2D eigenvalue weighted by Crippen LogP contribution is -2.52. The maximum atomic E-state index is 11.7. The van der Waals surface area contributed by atoms with Crippen molar-refractivity contribution in [3.8, 4) is 0 Å². The molecule has 0 aromatic carbocycles. The van der Waals surface area contributed by atoms with E-state index in [0.717, 1.165) is 19.5 Å². The Bertz CT molecular complexity index is 402. The molecule has 0 aromatic heterocycles. The highest BCUT2D eigenvalue weighted by Gasteiger charge is 2.34. The van der Waals surface area contributed by atoms with Crippen LogP contribution in [-0.4, -0.2) is 74.4 Å². The summed E-state index contributed by atoms with van der Waals surface area (Å²) in [6, 6.07) is 0.154. The molecule has 0 radical (unpaired) electrons. The van der Waals surface area contributed by atoms with Gasteiger partial charge in [-0.1, -0.05) is 0 Å². The number of hydrogen-bond acceptors (Lipinski definition) is 5. The summed E-state index contributed by atoms with van der Waals surface area (Å²) < 4.78 is 22.9. The minimum Gasteiger partial charge on any atom is -0.340 e. The van der Waals surface area contributed by atoms with E-state index in [0.29, 0.717) is 31.8 Å². The first-order valence-electron chi connectivity index (χ1n) is 6.44. The number of nitrogens with zero attached hydrogens (tertiary/aromatic N) is 2. The maximum Gasteiger partial charge on any atom is 0.223 e. The van der Waals surface area contributed by atoms with Gasteiger partial charge in [0.05, 0.1) is 11.5 Å². The van der Waals surface area contributed by atoms with E-state index in [4.69, 9.17) is 5.73 Å². The average molecular weight is 275 g/mol. The quantitative estimate of drug-likeness (QED) is 0.690. The summed E-state index contributed by atoms with van der Waals surface area (Å²) in [6.07, 6.45) is 1.14. The molecule has 2 N–H and O–H groups in total. The van der Waals surface area contributed by atoms with Crippen molar-refractivity contribution in [2.45, 2.75) is 18.9 Å². The van der Waals surface area contributed by atoms with Crippen LogP contribution in [0, 0.1) is 0 Å². The predicted molar refractivity (Wildman–Crippen MR) is 68.9 cm³/mol. The molecule has 0 spiro atoms. The van der Waals surface area contributed by atoms with E-state index in [2.05, 4.69) is 4.90 Å². The summed E-state index contributed by atoms with van der Waals surface area (Å²) in [5.41, 5.74) is 5.37. The highest BCUT2D eigenvalue weighted by molar-refractivity contribution is 7.91. The summed E-state index contributed by atoms with van der Waals surface area (Å²) in [7, 11) is -2.82. The van der Waals surface area contributed by atoms with Gasteiger partial charge < -0.3 is 10.6 Å². The topological polar surface area (TPSA) is 83.7 Å². The third-order valence-electron chi connectivity index (χ3n) is 3.75. The number of nitrogens with two attached hydrogens (primary N) is 1. The van der Waals surface area contributed by atoms with Crippen LogP contribution in [0.2, 0.25) is 0 Å². The molecule has 2 aliphatic heterocycles. The first kappa shape index (κ1) is 13.8. The zero-order chi connectivity index (χ0) is 13.2. The van der Waals surface area contributed by atoms with E-state index in [9.17, 15) is 13.2 Å². The fourth-order valence-electron chi connectivity index (χ4n) is 2.68. The van der Waals surface area contributed by atoms with Crippen molar-refractivity contribution in [1.29, 1.82) is 0 Å². The van der Waals surface area contributed by atoms with Gasteiger partial charge in [0.1, 0.15) is 0 Å². The summed E-state index contributed by atoms with van der Waals surface area (Å²) in [4.78, 5) is 15.7. The fraction of sp³-hybridized carbons (Fsp3) is 0.909. The molecule has 0 bridgehead atoms. The second-order valence-corrected chi connectivity index (χ2v) is 7.24. The van der Waals surface area contributed by atoms with Gasteiger partial charge in [-0.15, -0.1) is 0 Å². The first-order chi connectivity index (χ1) is 8.52. The van der Waals surface area contributed by atoms with Crippen LogP contribution < -0.4 is 5.73 Å². The molecule has 1 atom stereocenters. The number of piperazine rings is 1. The number of sulfone groups is 1. The molecular weight excluding hydrogens is 254 g/mol. The van der Waals surface area contributed by atoms with Gasteiger partial charge in [-0.25, -0.2) is 8.42 Å². The molecule has 0 saturated carbocycles. The van der Waals surface area contributed by atoms with Crippen LogP contribution in [-0.2, 0) is 14.6 Å². The van der Waals surface area contributed by atoms with E-state index < -0.39 is 9.84 Å². The molecule has 2 aliphatic rings. The molecule has 2 fully saturated rings. The Morgan fingerprint density at radius 2 is 1.89 bits per heavy atom. The highest BCUT2D eigenvalue weighted by Crippen LogP contribution is 2.19. The fourth-order valence-corrected chi connectivity index (χ4v) is 4.44. The molecule has 7 heteroatoms. The minimum atomic E-state index is -2.82. The molecule has 18 heavy (non-hydrogen) atoms. The SMILES string of the molecule is NCCC(=O)N1CCN(C2CCS(=O)(=O)C2)CC1. The largest absolute Gasteiger partial charge is 0.340 e. The van der Waals surface area contributed by atoms with E-state index in [1.165, 1.54) is 0 Å². The van der Waals surface area contributed by atoms with Gasteiger partial charge in [-0.3, -0.25) is 9.69 Å². The molecule has 2 saturated heterocycles. The molecule has 2 rings (SSSR count). The molecule has 1 amide bonds. The second kappa shape index (κ2) is 5.54. The Morgan fingerprint density at radius 1 is 1.22 bits per heavy atom. The Hall–Kier alpha value is -0.660. The van der Waals surface area contributed by atoms with Crippen molar-refractivity contribution in [2.24, 2.45) is 5.73 Å². The smallest absolute Gasteiger partial charge is 0.223 e. The zero-order valence-electron chi connectivity index (χ0n) is 10.5. The summed E-state index contributed by atoms with van der Waals surface area (Å²) in [5.74, 6) is 0.699. The van der Waals surface area contributed by atoms with Gasteiger partial charge >= 0.3 is 0 Å². The zero-order valence-corrected chi connectivity index (χ0v) is 11.4.